The lowest BCUT2D eigenvalue weighted by Gasteiger charge is -2.25. The highest BCUT2D eigenvalue weighted by atomic mass is 19.2. The van der Waals surface area contributed by atoms with E-state index in [0.29, 0.717) is 25.7 Å². The van der Waals surface area contributed by atoms with Crippen LogP contribution in [-0.2, 0) is 9.59 Å². The minimum atomic E-state index is -0.985. The molecular weight excluding hydrogens is 308 g/mol. The second-order valence-corrected chi connectivity index (χ2v) is 5.60. The van der Waals surface area contributed by atoms with Crippen molar-refractivity contribution in [3.05, 3.63) is 29.8 Å². The number of aliphatic carboxylic acids is 1. The molecule has 23 heavy (non-hydrogen) atoms. The standard InChI is InChI=1S/C16H19F2NO4/c17-13-6-5-12(9-14(13)18)23-8-7-19-15(20)10-1-3-11(4-2-10)16(21)22/h5-6,9-11H,1-4,7-8H2,(H,19,20)(H,21,22). The molecule has 2 N–H and O–H groups in total. The molecule has 1 aliphatic carbocycles. The van der Waals surface area contributed by atoms with Crippen molar-refractivity contribution in [2.75, 3.05) is 13.2 Å². The van der Waals surface area contributed by atoms with Crippen LogP contribution in [0.5, 0.6) is 5.75 Å². The van der Waals surface area contributed by atoms with Gasteiger partial charge in [-0.1, -0.05) is 0 Å². The number of nitrogens with one attached hydrogen (secondary N) is 1. The van der Waals surface area contributed by atoms with Crippen LogP contribution in [0.15, 0.2) is 18.2 Å². The summed E-state index contributed by atoms with van der Waals surface area (Å²) < 4.78 is 31.0. The van der Waals surface area contributed by atoms with E-state index in [0.717, 1.165) is 12.1 Å². The molecule has 0 radical (unpaired) electrons. The van der Waals surface area contributed by atoms with Gasteiger partial charge in [0.15, 0.2) is 11.6 Å². The zero-order valence-electron chi connectivity index (χ0n) is 12.6. The lowest BCUT2D eigenvalue weighted by atomic mass is 9.81. The number of carbonyl (C=O) groups excluding carboxylic acids is 1. The summed E-state index contributed by atoms with van der Waals surface area (Å²) in [5.74, 6) is -3.18. The summed E-state index contributed by atoms with van der Waals surface area (Å²) in [5, 5.41) is 11.6. The number of rotatable bonds is 6. The molecule has 126 valence electrons. The molecule has 7 heteroatoms. The average molecular weight is 327 g/mol. The second-order valence-electron chi connectivity index (χ2n) is 5.60. The van der Waals surface area contributed by atoms with Crippen molar-refractivity contribution in [3.8, 4) is 5.75 Å². The Balaban J connectivity index is 1.67. The highest BCUT2D eigenvalue weighted by Gasteiger charge is 2.29. The molecule has 1 aromatic carbocycles. The largest absolute Gasteiger partial charge is 0.492 e. The Bertz CT molecular complexity index is 571. The number of hydrogen-bond donors (Lipinski definition) is 2. The summed E-state index contributed by atoms with van der Waals surface area (Å²) in [7, 11) is 0. The van der Waals surface area contributed by atoms with Crippen LogP contribution in [0.3, 0.4) is 0 Å². The van der Waals surface area contributed by atoms with Gasteiger partial charge in [-0.15, -0.1) is 0 Å². The lowest BCUT2D eigenvalue weighted by Crippen LogP contribution is -2.36. The highest BCUT2D eigenvalue weighted by Crippen LogP contribution is 2.28. The number of benzene rings is 1. The van der Waals surface area contributed by atoms with Crippen LogP contribution >= 0.6 is 0 Å². The van der Waals surface area contributed by atoms with Crippen molar-refractivity contribution in [2.45, 2.75) is 25.7 Å². The molecule has 1 amide bonds. The van der Waals surface area contributed by atoms with Crippen LogP contribution in [0, 0.1) is 23.5 Å². The third-order valence-corrected chi connectivity index (χ3v) is 4.01. The Labute approximate surface area is 132 Å². The maximum absolute atomic E-state index is 13.0. The number of carboxylic acids is 1. The molecule has 0 spiro atoms. The van der Waals surface area contributed by atoms with Crippen molar-refractivity contribution in [2.24, 2.45) is 11.8 Å². The van der Waals surface area contributed by atoms with Gasteiger partial charge in [-0.05, 0) is 37.8 Å². The highest BCUT2D eigenvalue weighted by molar-refractivity contribution is 5.79. The van der Waals surface area contributed by atoms with Crippen LogP contribution in [0.25, 0.3) is 0 Å². The zero-order chi connectivity index (χ0) is 16.8. The summed E-state index contributed by atoms with van der Waals surface area (Å²) in [5.41, 5.74) is 0. The van der Waals surface area contributed by atoms with Crippen LogP contribution in [0.2, 0.25) is 0 Å². The van der Waals surface area contributed by atoms with E-state index in [9.17, 15) is 18.4 Å². The van der Waals surface area contributed by atoms with Crippen molar-refractivity contribution >= 4 is 11.9 Å². The van der Waals surface area contributed by atoms with E-state index >= 15 is 0 Å². The molecule has 0 bridgehead atoms. The normalized spacial score (nSPS) is 20.8. The van der Waals surface area contributed by atoms with E-state index in [-0.39, 0.29) is 36.6 Å². The van der Waals surface area contributed by atoms with Gasteiger partial charge in [0.1, 0.15) is 12.4 Å². The van der Waals surface area contributed by atoms with Crippen LogP contribution in [0.1, 0.15) is 25.7 Å². The summed E-state index contributed by atoms with van der Waals surface area (Å²) >= 11 is 0. The molecule has 1 aliphatic rings. The minimum absolute atomic E-state index is 0.122. The molecule has 0 heterocycles. The van der Waals surface area contributed by atoms with Gasteiger partial charge < -0.3 is 15.2 Å². The molecule has 0 saturated heterocycles. The number of ether oxygens (including phenoxy) is 1. The maximum Gasteiger partial charge on any atom is 0.306 e. The predicted molar refractivity (Wildman–Crippen MR) is 77.9 cm³/mol. The molecule has 0 atom stereocenters. The molecule has 5 nitrogen and oxygen atoms in total. The monoisotopic (exact) mass is 327 g/mol. The van der Waals surface area contributed by atoms with Crippen LogP contribution in [0.4, 0.5) is 8.78 Å². The molecule has 0 unspecified atom stereocenters. The Hall–Kier alpha value is -2.18. The van der Waals surface area contributed by atoms with Crippen LogP contribution < -0.4 is 10.1 Å². The Kier molecular flexibility index (Phi) is 5.90. The van der Waals surface area contributed by atoms with E-state index in [1.165, 1.54) is 6.07 Å². The summed E-state index contributed by atoms with van der Waals surface area (Å²) in [4.78, 5) is 22.8. The first-order chi connectivity index (χ1) is 11.0. The first-order valence-corrected chi connectivity index (χ1v) is 7.55. The lowest BCUT2D eigenvalue weighted by molar-refractivity contribution is -0.144. The van der Waals surface area contributed by atoms with Gasteiger partial charge >= 0.3 is 5.97 Å². The smallest absolute Gasteiger partial charge is 0.306 e. The number of hydrogen-bond acceptors (Lipinski definition) is 3. The topological polar surface area (TPSA) is 75.6 Å². The molecule has 1 aromatic rings. The van der Waals surface area contributed by atoms with Gasteiger partial charge in [-0.3, -0.25) is 9.59 Å². The second kappa shape index (κ2) is 7.89. The van der Waals surface area contributed by atoms with Crippen molar-refractivity contribution in [1.29, 1.82) is 0 Å². The predicted octanol–water partition coefficient (Wildman–Crippen LogP) is 2.35. The fourth-order valence-corrected chi connectivity index (χ4v) is 2.66. The van der Waals surface area contributed by atoms with Crippen molar-refractivity contribution in [1.82, 2.24) is 5.32 Å². The number of carboxylic acid groups (broad SMARTS) is 1. The molecule has 1 fully saturated rings. The third kappa shape index (κ3) is 4.91. The van der Waals surface area contributed by atoms with E-state index in [4.69, 9.17) is 9.84 Å². The van der Waals surface area contributed by atoms with Gasteiger partial charge in [0, 0.05) is 12.0 Å². The summed E-state index contributed by atoms with van der Waals surface area (Å²) in [6, 6.07) is 3.24. The molecular formula is C16H19F2NO4. The fraction of sp³-hybridized carbons (Fsp3) is 0.500. The van der Waals surface area contributed by atoms with E-state index < -0.39 is 17.6 Å². The van der Waals surface area contributed by atoms with Crippen molar-refractivity contribution in [3.63, 3.8) is 0 Å². The Morgan fingerprint density at radius 1 is 1.13 bits per heavy atom. The Morgan fingerprint density at radius 3 is 2.39 bits per heavy atom. The third-order valence-electron chi connectivity index (χ3n) is 4.01. The van der Waals surface area contributed by atoms with E-state index in [1.807, 2.05) is 0 Å². The zero-order valence-corrected chi connectivity index (χ0v) is 12.6. The van der Waals surface area contributed by atoms with Crippen molar-refractivity contribution < 1.29 is 28.2 Å². The number of amides is 1. The van der Waals surface area contributed by atoms with Gasteiger partial charge in [-0.25, -0.2) is 8.78 Å². The molecule has 0 aromatic heterocycles. The van der Waals surface area contributed by atoms with Gasteiger partial charge in [0.25, 0.3) is 0 Å². The first-order valence-electron chi connectivity index (χ1n) is 7.55. The Morgan fingerprint density at radius 2 is 1.78 bits per heavy atom. The van der Waals surface area contributed by atoms with E-state index in [1.54, 1.807) is 0 Å². The molecule has 2 rings (SSSR count). The summed E-state index contributed by atoms with van der Waals surface area (Å²) in [6.07, 6.45) is 2.15. The SMILES string of the molecule is O=C(O)C1CCC(C(=O)NCCOc2ccc(F)c(F)c2)CC1. The van der Waals surface area contributed by atoms with Crippen LogP contribution in [-0.4, -0.2) is 30.1 Å². The van der Waals surface area contributed by atoms with Gasteiger partial charge in [-0.2, -0.15) is 0 Å². The van der Waals surface area contributed by atoms with E-state index in [2.05, 4.69) is 5.32 Å². The fourth-order valence-electron chi connectivity index (χ4n) is 2.66. The maximum atomic E-state index is 13.0. The summed E-state index contributed by atoms with van der Waals surface area (Å²) in [6.45, 7) is 0.387. The minimum Gasteiger partial charge on any atom is -0.492 e. The molecule has 0 aliphatic heterocycles. The quantitative estimate of drug-likeness (QED) is 0.787. The number of carbonyl (C=O) groups is 2. The van der Waals surface area contributed by atoms with Gasteiger partial charge in [0.05, 0.1) is 12.5 Å². The molecule has 1 saturated carbocycles. The van der Waals surface area contributed by atoms with Gasteiger partial charge in [0.2, 0.25) is 5.91 Å². The first kappa shape index (κ1) is 17.2. The average Bonchev–Trinajstić information content (AvgIpc) is 2.54. The number of halogens is 2.